The first-order chi connectivity index (χ1) is 15.7. The van der Waals surface area contributed by atoms with Crippen LogP contribution in [0, 0.1) is 13.8 Å². The first-order valence-corrected chi connectivity index (χ1v) is 13.7. The van der Waals surface area contributed by atoms with Crippen LogP contribution in [0.4, 0.5) is 5.69 Å². The first-order valence-electron chi connectivity index (χ1n) is 11.8. The SMILES string of the molecule is CCC(C(=O)NCc1ccc(CN2CCCCC2)cc1)N(c1ccc(C)c(C)c1)S(C)(=O)=O. The molecule has 1 atom stereocenters. The summed E-state index contributed by atoms with van der Waals surface area (Å²) in [5.74, 6) is -0.293. The van der Waals surface area contributed by atoms with Gasteiger partial charge in [0.15, 0.2) is 0 Å². The van der Waals surface area contributed by atoms with Crippen molar-refractivity contribution in [2.24, 2.45) is 0 Å². The third kappa shape index (κ3) is 6.81. The number of hydrogen-bond acceptors (Lipinski definition) is 4. The van der Waals surface area contributed by atoms with Gasteiger partial charge in [0, 0.05) is 13.1 Å². The quantitative estimate of drug-likeness (QED) is 0.597. The van der Waals surface area contributed by atoms with E-state index in [0.29, 0.717) is 18.7 Å². The zero-order valence-corrected chi connectivity index (χ0v) is 21.1. The van der Waals surface area contributed by atoms with Crippen LogP contribution in [0.3, 0.4) is 0 Å². The normalized spacial score (nSPS) is 15.8. The van der Waals surface area contributed by atoms with Crippen LogP contribution in [0.1, 0.15) is 54.9 Å². The average molecular weight is 472 g/mol. The molecule has 0 saturated carbocycles. The molecule has 2 aromatic carbocycles. The monoisotopic (exact) mass is 471 g/mol. The molecule has 1 fully saturated rings. The van der Waals surface area contributed by atoms with Gasteiger partial charge in [-0.25, -0.2) is 8.42 Å². The molecule has 0 aliphatic carbocycles. The summed E-state index contributed by atoms with van der Waals surface area (Å²) < 4.78 is 26.5. The fraction of sp³-hybridized carbons (Fsp3) is 0.500. The number of piperidine rings is 1. The number of rotatable bonds is 9. The van der Waals surface area contributed by atoms with Gasteiger partial charge < -0.3 is 5.32 Å². The topological polar surface area (TPSA) is 69.7 Å². The summed E-state index contributed by atoms with van der Waals surface area (Å²) in [6.07, 6.45) is 5.40. The van der Waals surface area contributed by atoms with E-state index in [4.69, 9.17) is 0 Å². The number of likely N-dealkylation sites (tertiary alicyclic amines) is 1. The Labute approximate surface area is 199 Å². The number of amides is 1. The highest BCUT2D eigenvalue weighted by molar-refractivity contribution is 7.92. The second kappa shape index (κ2) is 11.2. The molecule has 33 heavy (non-hydrogen) atoms. The molecule has 1 aliphatic rings. The van der Waals surface area contributed by atoms with E-state index in [0.717, 1.165) is 42.6 Å². The number of aryl methyl sites for hydroxylation is 2. The van der Waals surface area contributed by atoms with Crippen LogP contribution < -0.4 is 9.62 Å². The van der Waals surface area contributed by atoms with Crippen molar-refractivity contribution in [2.45, 2.75) is 65.6 Å². The molecule has 3 rings (SSSR count). The van der Waals surface area contributed by atoms with Crippen molar-refractivity contribution in [3.8, 4) is 0 Å². The molecular formula is C26H37N3O3S. The summed E-state index contributed by atoms with van der Waals surface area (Å²) in [5, 5.41) is 2.94. The lowest BCUT2D eigenvalue weighted by Gasteiger charge is -2.30. The van der Waals surface area contributed by atoms with Gasteiger partial charge in [-0.1, -0.05) is 43.7 Å². The third-order valence-corrected chi connectivity index (χ3v) is 7.60. The number of anilines is 1. The summed E-state index contributed by atoms with van der Waals surface area (Å²) in [6.45, 7) is 9.40. The number of carbonyl (C=O) groups excluding carboxylic acids is 1. The van der Waals surface area contributed by atoms with Crippen LogP contribution >= 0.6 is 0 Å². The first kappa shape index (κ1) is 25.2. The van der Waals surface area contributed by atoms with E-state index in [1.165, 1.54) is 29.1 Å². The highest BCUT2D eigenvalue weighted by atomic mass is 32.2. The molecule has 0 spiro atoms. The Morgan fingerprint density at radius 2 is 1.64 bits per heavy atom. The van der Waals surface area contributed by atoms with Crippen LogP contribution in [-0.2, 0) is 27.9 Å². The van der Waals surface area contributed by atoms with Gasteiger partial charge in [-0.05, 0) is 80.6 Å². The van der Waals surface area contributed by atoms with Crippen molar-refractivity contribution in [3.63, 3.8) is 0 Å². The summed E-state index contributed by atoms with van der Waals surface area (Å²) in [4.78, 5) is 15.6. The van der Waals surface area contributed by atoms with Crippen LogP contribution in [0.25, 0.3) is 0 Å². The van der Waals surface area contributed by atoms with E-state index >= 15 is 0 Å². The number of benzene rings is 2. The molecule has 180 valence electrons. The molecule has 7 heteroatoms. The molecule has 6 nitrogen and oxygen atoms in total. The van der Waals surface area contributed by atoms with Crippen LogP contribution in [0.5, 0.6) is 0 Å². The fourth-order valence-electron chi connectivity index (χ4n) is 4.37. The molecule has 1 N–H and O–H groups in total. The van der Waals surface area contributed by atoms with Gasteiger partial charge in [0.2, 0.25) is 15.9 Å². The summed E-state index contributed by atoms with van der Waals surface area (Å²) in [5.41, 5.74) is 4.85. The van der Waals surface area contributed by atoms with Gasteiger partial charge in [0.1, 0.15) is 6.04 Å². The maximum absolute atomic E-state index is 13.1. The Morgan fingerprint density at radius 1 is 1.00 bits per heavy atom. The second-order valence-corrected chi connectivity index (χ2v) is 11.0. The Morgan fingerprint density at radius 3 is 2.21 bits per heavy atom. The van der Waals surface area contributed by atoms with Crippen molar-refractivity contribution in [1.29, 1.82) is 0 Å². The van der Waals surface area contributed by atoms with E-state index in [1.807, 2.05) is 45.0 Å². The van der Waals surface area contributed by atoms with Gasteiger partial charge >= 0.3 is 0 Å². The van der Waals surface area contributed by atoms with Gasteiger partial charge in [-0.2, -0.15) is 0 Å². The summed E-state index contributed by atoms with van der Waals surface area (Å²) >= 11 is 0. The van der Waals surface area contributed by atoms with Crippen LogP contribution in [0.15, 0.2) is 42.5 Å². The Bertz CT molecular complexity index is 1040. The largest absolute Gasteiger partial charge is 0.350 e. The van der Waals surface area contributed by atoms with E-state index in [1.54, 1.807) is 6.07 Å². The highest BCUT2D eigenvalue weighted by Crippen LogP contribution is 2.25. The lowest BCUT2D eigenvalue weighted by Crippen LogP contribution is -2.49. The van der Waals surface area contributed by atoms with Crippen molar-refractivity contribution >= 4 is 21.6 Å². The standard InChI is InChI=1S/C26H37N3O3S/c1-5-25(29(33(4,31)32)24-14-9-20(2)21(3)17-24)26(30)27-18-22-10-12-23(13-11-22)19-28-15-7-6-8-16-28/h9-14,17,25H,5-8,15-16,18-19H2,1-4H3,(H,27,30). The van der Waals surface area contributed by atoms with E-state index < -0.39 is 16.1 Å². The molecule has 1 amide bonds. The highest BCUT2D eigenvalue weighted by Gasteiger charge is 2.31. The van der Waals surface area contributed by atoms with Crippen molar-refractivity contribution in [2.75, 3.05) is 23.7 Å². The zero-order chi connectivity index (χ0) is 24.0. The third-order valence-electron chi connectivity index (χ3n) is 6.42. The summed E-state index contributed by atoms with van der Waals surface area (Å²) in [7, 11) is -3.64. The minimum atomic E-state index is -3.64. The summed E-state index contributed by atoms with van der Waals surface area (Å²) in [6, 6.07) is 13.0. The van der Waals surface area contributed by atoms with Crippen LogP contribution in [-0.4, -0.2) is 44.6 Å². The second-order valence-electron chi connectivity index (χ2n) is 9.12. The molecule has 0 bridgehead atoms. The maximum Gasteiger partial charge on any atom is 0.244 e. The van der Waals surface area contributed by atoms with Crippen molar-refractivity contribution in [1.82, 2.24) is 10.2 Å². The molecule has 1 aliphatic heterocycles. The lowest BCUT2D eigenvalue weighted by atomic mass is 10.1. The van der Waals surface area contributed by atoms with Crippen LogP contribution in [0.2, 0.25) is 0 Å². The average Bonchev–Trinajstić information content (AvgIpc) is 2.78. The molecular weight excluding hydrogens is 434 g/mol. The predicted molar refractivity (Wildman–Crippen MR) is 135 cm³/mol. The minimum absolute atomic E-state index is 0.293. The Balaban J connectivity index is 1.67. The van der Waals surface area contributed by atoms with Gasteiger partial charge in [-0.3, -0.25) is 14.0 Å². The molecule has 1 saturated heterocycles. The molecule has 2 aromatic rings. The number of hydrogen-bond donors (Lipinski definition) is 1. The van der Waals surface area contributed by atoms with E-state index in [9.17, 15) is 13.2 Å². The Hall–Kier alpha value is -2.38. The molecule has 0 aromatic heterocycles. The lowest BCUT2D eigenvalue weighted by molar-refractivity contribution is -0.122. The zero-order valence-electron chi connectivity index (χ0n) is 20.3. The van der Waals surface area contributed by atoms with Gasteiger partial charge in [0.25, 0.3) is 0 Å². The predicted octanol–water partition coefficient (Wildman–Crippen LogP) is 4.15. The van der Waals surface area contributed by atoms with E-state index in [2.05, 4.69) is 22.3 Å². The molecule has 1 heterocycles. The number of nitrogens with zero attached hydrogens (tertiary/aromatic N) is 2. The number of nitrogens with one attached hydrogen (secondary N) is 1. The van der Waals surface area contributed by atoms with E-state index in [-0.39, 0.29) is 5.91 Å². The van der Waals surface area contributed by atoms with Gasteiger partial charge in [0.05, 0.1) is 11.9 Å². The number of carbonyl (C=O) groups is 1. The van der Waals surface area contributed by atoms with Crippen molar-refractivity contribution < 1.29 is 13.2 Å². The molecule has 1 unspecified atom stereocenters. The Kier molecular flexibility index (Phi) is 8.54. The van der Waals surface area contributed by atoms with Gasteiger partial charge in [-0.15, -0.1) is 0 Å². The van der Waals surface area contributed by atoms with Crippen molar-refractivity contribution in [3.05, 3.63) is 64.7 Å². The smallest absolute Gasteiger partial charge is 0.244 e. The molecule has 0 radical (unpaired) electrons. The minimum Gasteiger partial charge on any atom is -0.350 e. The fourth-order valence-corrected chi connectivity index (χ4v) is 5.57. The number of sulfonamides is 1. The maximum atomic E-state index is 13.1.